The van der Waals surface area contributed by atoms with Crippen LogP contribution in [0.3, 0.4) is 0 Å². The van der Waals surface area contributed by atoms with E-state index in [-0.39, 0.29) is 12.5 Å². The van der Waals surface area contributed by atoms with Crippen molar-refractivity contribution in [3.63, 3.8) is 0 Å². The molecule has 0 aliphatic rings. The van der Waals surface area contributed by atoms with E-state index in [9.17, 15) is 4.79 Å². The fraction of sp³-hybridized carbons (Fsp3) is 0.111. The number of aryl methyl sites for hydroxylation is 1. The summed E-state index contributed by atoms with van der Waals surface area (Å²) in [7, 11) is 1.79. The second-order valence-corrected chi connectivity index (χ2v) is 5.25. The standard InChI is InChI=1S/C18H18N4O2/c1-22-12-16(11-19-22)21-18(23)13-24-17-9-7-15(8-10-17)20-14-5-3-2-4-6-14/h2-12,20H,13H2,1H3,(H,21,23). The Balaban J connectivity index is 1.50. The molecule has 0 radical (unpaired) electrons. The lowest BCUT2D eigenvalue weighted by Gasteiger charge is -2.09. The van der Waals surface area contributed by atoms with Crippen molar-refractivity contribution in [3.8, 4) is 5.75 Å². The maximum atomic E-state index is 11.8. The highest BCUT2D eigenvalue weighted by Gasteiger charge is 2.05. The van der Waals surface area contributed by atoms with Gasteiger partial charge in [0.05, 0.1) is 11.9 Å². The molecule has 0 atom stereocenters. The number of hydrogen-bond acceptors (Lipinski definition) is 4. The van der Waals surface area contributed by atoms with Crippen molar-refractivity contribution in [2.24, 2.45) is 7.05 Å². The van der Waals surface area contributed by atoms with Crippen LogP contribution in [0.25, 0.3) is 0 Å². The van der Waals surface area contributed by atoms with Gasteiger partial charge in [0.1, 0.15) is 5.75 Å². The van der Waals surface area contributed by atoms with Crippen LogP contribution in [0.4, 0.5) is 17.1 Å². The molecule has 2 N–H and O–H groups in total. The van der Waals surface area contributed by atoms with Crippen molar-refractivity contribution in [2.75, 3.05) is 17.2 Å². The van der Waals surface area contributed by atoms with Gasteiger partial charge in [-0.25, -0.2) is 0 Å². The van der Waals surface area contributed by atoms with Gasteiger partial charge in [-0.1, -0.05) is 18.2 Å². The number of carbonyl (C=O) groups is 1. The summed E-state index contributed by atoms with van der Waals surface area (Å²) < 4.78 is 7.10. The van der Waals surface area contributed by atoms with E-state index in [1.54, 1.807) is 24.1 Å². The summed E-state index contributed by atoms with van der Waals surface area (Å²) in [6.45, 7) is -0.0552. The quantitative estimate of drug-likeness (QED) is 0.731. The van der Waals surface area contributed by atoms with Gasteiger partial charge < -0.3 is 15.4 Å². The van der Waals surface area contributed by atoms with Crippen LogP contribution in [-0.4, -0.2) is 22.3 Å². The first-order valence-corrected chi connectivity index (χ1v) is 7.52. The first-order valence-electron chi connectivity index (χ1n) is 7.52. The third-order valence-corrected chi connectivity index (χ3v) is 3.28. The summed E-state index contributed by atoms with van der Waals surface area (Å²) in [5.74, 6) is 0.407. The molecule has 1 aromatic heterocycles. The number of ether oxygens (including phenoxy) is 1. The van der Waals surface area contributed by atoms with Crippen molar-refractivity contribution in [3.05, 3.63) is 67.0 Å². The monoisotopic (exact) mass is 322 g/mol. The maximum absolute atomic E-state index is 11.8. The van der Waals surface area contributed by atoms with Crippen molar-refractivity contribution in [1.29, 1.82) is 0 Å². The number of rotatable bonds is 6. The Morgan fingerprint density at radius 2 is 1.75 bits per heavy atom. The van der Waals surface area contributed by atoms with Crippen LogP contribution in [0, 0.1) is 0 Å². The number of hydrogen-bond donors (Lipinski definition) is 2. The Morgan fingerprint density at radius 1 is 1.04 bits per heavy atom. The van der Waals surface area contributed by atoms with Gasteiger partial charge in [0.2, 0.25) is 0 Å². The molecular formula is C18H18N4O2. The summed E-state index contributed by atoms with van der Waals surface area (Å²) in [5, 5.41) is 9.99. The Labute approximate surface area is 140 Å². The SMILES string of the molecule is Cn1cc(NC(=O)COc2ccc(Nc3ccccc3)cc2)cn1. The minimum atomic E-state index is -0.227. The first-order chi connectivity index (χ1) is 11.7. The average molecular weight is 322 g/mol. The normalized spacial score (nSPS) is 10.2. The van der Waals surface area contributed by atoms with E-state index >= 15 is 0 Å². The topological polar surface area (TPSA) is 68.2 Å². The van der Waals surface area contributed by atoms with Crippen LogP contribution in [0.5, 0.6) is 5.75 Å². The molecule has 0 aliphatic heterocycles. The molecule has 0 saturated carbocycles. The van der Waals surface area contributed by atoms with Gasteiger partial charge in [0.15, 0.2) is 6.61 Å². The van der Waals surface area contributed by atoms with Crippen LogP contribution in [0.15, 0.2) is 67.0 Å². The number of nitrogens with one attached hydrogen (secondary N) is 2. The zero-order valence-corrected chi connectivity index (χ0v) is 13.3. The highest BCUT2D eigenvalue weighted by atomic mass is 16.5. The number of aromatic nitrogens is 2. The summed E-state index contributed by atoms with van der Waals surface area (Å²) in [4.78, 5) is 11.8. The lowest BCUT2D eigenvalue weighted by molar-refractivity contribution is -0.118. The smallest absolute Gasteiger partial charge is 0.262 e. The van der Waals surface area contributed by atoms with E-state index in [1.807, 2.05) is 54.6 Å². The second kappa shape index (κ2) is 7.32. The Kier molecular flexibility index (Phi) is 4.76. The molecular weight excluding hydrogens is 304 g/mol. The lowest BCUT2D eigenvalue weighted by Crippen LogP contribution is -2.19. The second-order valence-electron chi connectivity index (χ2n) is 5.25. The van der Waals surface area contributed by atoms with Gasteiger partial charge in [-0.3, -0.25) is 9.48 Å². The molecule has 3 rings (SSSR count). The third-order valence-electron chi connectivity index (χ3n) is 3.28. The fourth-order valence-electron chi connectivity index (χ4n) is 2.15. The van der Waals surface area contributed by atoms with Crippen molar-refractivity contribution < 1.29 is 9.53 Å². The molecule has 1 heterocycles. The van der Waals surface area contributed by atoms with Gasteiger partial charge in [0, 0.05) is 24.6 Å². The molecule has 6 nitrogen and oxygen atoms in total. The number of para-hydroxylation sites is 1. The highest BCUT2D eigenvalue weighted by Crippen LogP contribution is 2.19. The zero-order valence-electron chi connectivity index (χ0n) is 13.3. The molecule has 24 heavy (non-hydrogen) atoms. The van der Waals surface area contributed by atoms with Crippen molar-refractivity contribution in [1.82, 2.24) is 9.78 Å². The summed E-state index contributed by atoms with van der Waals surface area (Å²) in [6.07, 6.45) is 3.31. The van der Waals surface area contributed by atoms with Crippen molar-refractivity contribution in [2.45, 2.75) is 0 Å². The fourth-order valence-corrected chi connectivity index (χ4v) is 2.15. The van der Waals surface area contributed by atoms with E-state index in [2.05, 4.69) is 15.7 Å². The number of nitrogens with zero attached hydrogens (tertiary/aromatic N) is 2. The van der Waals surface area contributed by atoms with Gasteiger partial charge in [0.25, 0.3) is 5.91 Å². The van der Waals surface area contributed by atoms with E-state index < -0.39 is 0 Å². The Morgan fingerprint density at radius 3 is 2.42 bits per heavy atom. The summed E-state index contributed by atoms with van der Waals surface area (Å²) in [6, 6.07) is 17.4. The highest BCUT2D eigenvalue weighted by molar-refractivity contribution is 5.91. The van der Waals surface area contributed by atoms with Gasteiger partial charge in [-0.15, -0.1) is 0 Å². The van der Waals surface area contributed by atoms with E-state index in [4.69, 9.17) is 4.74 Å². The Hall–Kier alpha value is -3.28. The summed E-state index contributed by atoms with van der Waals surface area (Å²) in [5.41, 5.74) is 2.61. The van der Waals surface area contributed by atoms with E-state index in [1.165, 1.54) is 0 Å². The predicted octanol–water partition coefficient (Wildman–Crippen LogP) is 3.18. The number of carbonyl (C=O) groups excluding carboxylic acids is 1. The van der Waals surface area contributed by atoms with E-state index in [0.29, 0.717) is 11.4 Å². The molecule has 6 heteroatoms. The van der Waals surface area contributed by atoms with Gasteiger partial charge in [-0.05, 0) is 36.4 Å². The molecule has 0 aliphatic carbocycles. The molecule has 0 saturated heterocycles. The number of anilines is 3. The largest absolute Gasteiger partial charge is 0.484 e. The van der Waals surface area contributed by atoms with Crippen molar-refractivity contribution >= 4 is 23.0 Å². The molecule has 3 aromatic rings. The van der Waals surface area contributed by atoms with Gasteiger partial charge >= 0.3 is 0 Å². The molecule has 0 fully saturated rings. The molecule has 0 bridgehead atoms. The number of benzene rings is 2. The molecule has 1 amide bonds. The molecule has 122 valence electrons. The minimum Gasteiger partial charge on any atom is -0.484 e. The minimum absolute atomic E-state index is 0.0552. The van der Waals surface area contributed by atoms with Crippen LogP contribution < -0.4 is 15.4 Å². The van der Waals surface area contributed by atoms with E-state index in [0.717, 1.165) is 11.4 Å². The van der Waals surface area contributed by atoms with Crippen LogP contribution in [-0.2, 0) is 11.8 Å². The lowest BCUT2D eigenvalue weighted by atomic mass is 10.2. The van der Waals surface area contributed by atoms with Crippen LogP contribution in [0.1, 0.15) is 0 Å². The maximum Gasteiger partial charge on any atom is 0.262 e. The molecule has 0 unspecified atom stereocenters. The first kappa shape index (κ1) is 15.6. The molecule has 2 aromatic carbocycles. The van der Waals surface area contributed by atoms with Crippen LogP contribution >= 0.6 is 0 Å². The number of amides is 1. The molecule has 0 spiro atoms. The Bertz CT molecular complexity index is 797. The summed E-state index contributed by atoms with van der Waals surface area (Å²) >= 11 is 0. The van der Waals surface area contributed by atoms with Gasteiger partial charge in [-0.2, -0.15) is 5.10 Å². The van der Waals surface area contributed by atoms with Crippen LogP contribution in [0.2, 0.25) is 0 Å². The average Bonchev–Trinajstić information content (AvgIpc) is 3.00. The third kappa shape index (κ3) is 4.36. The zero-order chi connectivity index (χ0) is 16.8. The predicted molar refractivity (Wildman–Crippen MR) is 93.5 cm³/mol.